The summed E-state index contributed by atoms with van der Waals surface area (Å²) in [7, 11) is 0. The minimum absolute atomic E-state index is 0.0719. The Labute approximate surface area is 167 Å². The van der Waals surface area contributed by atoms with Crippen LogP contribution in [0, 0.1) is 34.0 Å². The Morgan fingerprint density at radius 2 is 1.59 bits per heavy atom. The van der Waals surface area contributed by atoms with Gasteiger partial charge in [0.1, 0.15) is 18.2 Å². The zero-order valence-electron chi connectivity index (χ0n) is 15.6. The Morgan fingerprint density at radius 1 is 0.828 bits per heavy atom. The SMILES string of the molecule is C=Nc1c(N=CC)c2cc(C#N)c(C#N)c(C#N)c2c2ccc3ccccc3c12. The van der Waals surface area contributed by atoms with E-state index in [2.05, 4.69) is 22.8 Å². The van der Waals surface area contributed by atoms with Crippen molar-refractivity contribution < 1.29 is 0 Å². The molecule has 0 saturated carbocycles. The van der Waals surface area contributed by atoms with Gasteiger partial charge in [0, 0.05) is 22.4 Å². The lowest BCUT2D eigenvalue weighted by molar-refractivity contribution is 1.41. The van der Waals surface area contributed by atoms with E-state index < -0.39 is 0 Å². The summed E-state index contributed by atoms with van der Waals surface area (Å²) in [6.45, 7) is 5.53. The Hall–Kier alpha value is -4.53. The molecule has 0 unspecified atom stereocenters. The molecule has 0 atom stereocenters. The lowest BCUT2D eigenvalue weighted by Crippen LogP contribution is -1.95. The molecule has 4 rings (SSSR count). The first-order chi connectivity index (χ1) is 14.2. The molecule has 0 spiro atoms. The molecule has 0 aromatic heterocycles. The molecule has 5 nitrogen and oxygen atoms in total. The first-order valence-electron chi connectivity index (χ1n) is 8.84. The first-order valence-corrected chi connectivity index (χ1v) is 8.84. The number of fused-ring (bicyclic) bond motifs is 5. The van der Waals surface area contributed by atoms with Crippen molar-refractivity contribution in [3.63, 3.8) is 0 Å². The first kappa shape index (κ1) is 17.9. The number of nitrogens with zero attached hydrogens (tertiary/aromatic N) is 5. The molecular formula is C24H13N5. The van der Waals surface area contributed by atoms with Crippen molar-refractivity contribution in [1.82, 2.24) is 0 Å². The molecule has 0 radical (unpaired) electrons. The molecule has 0 aliphatic heterocycles. The van der Waals surface area contributed by atoms with Crippen molar-refractivity contribution in [2.75, 3.05) is 0 Å². The fourth-order valence-electron chi connectivity index (χ4n) is 3.86. The van der Waals surface area contributed by atoms with Gasteiger partial charge in [-0.1, -0.05) is 36.4 Å². The van der Waals surface area contributed by atoms with E-state index in [1.807, 2.05) is 48.5 Å². The van der Waals surface area contributed by atoms with Crippen molar-refractivity contribution in [3.05, 3.63) is 59.2 Å². The largest absolute Gasteiger partial charge is 0.262 e. The molecule has 0 N–H and O–H groups in total. The molecule has 4 aromatic carbocycles. The summed E-state index contributed by atoms with van der Waals surface area (Å²) in [5.41, 5.74) is 1.49. The van der Waals surface area contributed by atoms with Gasteiger partial charge >= 0.3 is 0 Å². The van der Waals surface area contributed by atoms with E-state index in [1.54, 1.807) is 19.2 Å². The number of benzene rings is 4. The summed E-state index contributed by atoms with van der Waals surface area (Å²) in [5.74, 6) is 0. The van der Waals surface area contributed by atoms with E-state index in [4.69, 9.17) is 0 Å². The highest BCUT2D eigenvalue weighted by Crippen LogP contribution is 2.47. The maximum absolute atomic E-state index is 9.90. The summed E-state index contributed by atoms with van der Waals surface area (Å²) in [5, 5.41) is 33.8. The third-order valence-corrected chi connectivity index (χ3v) is 5.00. The predicted octanol–water partition coefficient (Wildman–Crippen LogP) is 5.82. The third kappa shape index (κ3) is 2.45. The Balaban J connectivity index is 2.48. The minimum atomic E-state index is 0.0719. The number of aliphatic imine (C=N–C) groups is 2. The van der Waals surface area contributed by atoms with Gasteiger partial charge in [-0.2, -0.15) is 15.8 Å². The maximum Gasteiger partial charge on any atom is 0.102 e. The van der Waals surface area contributed by atoms with Crippen LogP contribution in [0.1, 0.15) is 23.6 Å². The Bertz CT molecular complexity index is 1510. The van der Waals surface area contributed by atoms with Crippen molar-refractivity contribution in [1.29, 1.82) is 15.8 Å². The normalized spacial score (nSPS) is 10.8. The quantitative estimate of drug-likeness (QED) is 0.328. The van der Waals surface area contributed by atoms with Crippen LogP contribution in [0.2, 0.25) is 0 Å². The second kappa shape index (κ2) is 6.89. The van der Waals surface area contributed by atoms with Crippen LogP contribution in [0.4, 0.5) is 11.4 Å². The van der Waals surface area contributed by atoms with Crippen LogP contribution in [0.3, 0.4) is 0 Å². The van der Waals surface area contributed by atoms with Gasteiger partial charge < -0.3 is 0 Å². The summed E-state index contributed by atoms with van der Waals surface area (Å²) >= 11 is 0. The van der Waals surface area contributed by atoms with Gasteiger partial charge in [-0.05, 0) is 35.9 Å². The van der Waals surface area contributed by atoms with Crippen molar-refractivity contribution in [2.45, 2.75) is 6.92 Å². The molecule has 29 heavy (non-hydrogen) atoms. The van der Waals surface area contributed by atoms with Gasteiger partial charge in [0.05, 0.1) is 28.1 Å². The van der Waals surface area contributed by atoms with Crippen LogP contribution in [-0.4, -0.2) is 12.9 Å². The molecule has 134 valence electrons. The van der Waals surface area contributed by atoms with Crippen LogP contribution in [0.15, 0.2) is 52.4 Å². The Kier molecular flexibility index (Phi) is 4.24. The second-order valence-corrected chi connectivity index (χ2v) is 6.38. The predicted molar refractivity (Wildman–Crippen MR) is 116 cm³/mol. The lowest BCUT2D eigenvalue weighted by Gasteiger charge is -2.16. The summed E-state index contributed by atoms with van der Waals surface area (Å²) in [6.07, 6.45) is 1.64. The molecular weight excluding hydrogens is 358 g/mol. The summed E-state index contributed by atoms with van der Waals surface area (Å²) < 4.78 is 0. The van der Waals surface area contributed by atoms with Crippen LogP contribution < -0.4 is 0 Å². The highest BCUT2D eigenvalue weighted by Gasteiger charge is 2.22. The van der Waals surface area contributed by atoms with E-state index in [0.29, 0.717) is 22.1 Å². The zero-order valence-corrected chi connectivity index (χ0v) is 15.6. The highest BCUT2D eigenvalue weighted by atomic mass is 14.8. The van der Waals surface area contributed by atoms with E-state index >= 15 is 0 Å². The van der Waals surface area contributed by atoms with Gasteiger partial charge in [0.2, 0.25) is 0 Å². The fourth-order valence-corrected chi connectivity index (χ4v) is 3.86. The zero-order chi connectivity index (χ0) is 20.5. The monoisotopic (exact) mass is 371 g/mol. The van der Waals surface area contributed by atoms with Gasteiger partial charge in [-0.3, -0.25) is 9.98 Å². The second-order valence-electron chi connectivity index (χ2n) is 6.38. The maximum atomic E-state index is 9.90. The molecule has 5 heteroatoms. The third-order valence-electron chi connectivity index (χ3n) is 5.00. The van der Waals surface area contributed by atoms with Crippen LogP contribution >= 0.6 is 0 Å². The standard InChI is InChI=1S/C24H13N5/c1-3-29-23-18-10-15(11-25)19(12-26)20(13-27)21(18)17-9-8-14-6-4-5-7-16(14)22(17)24(23)28-2/h3-10H,2H2,1H3. The molecule has 0 aliphatic carbocycles. The molecule has 0 bridgehead atoms. The van der Waals surface area contributed by atoms with Crippen LogP contribution in [0.5, 0.6) is 0 Å². The van der Waals surface area contributed by atoms with Crippen LogP contribution in [0.25, 0.3) is 32.3 Å². The van der Waals surface area contributed by atoms with E-state index in [-0.39, 0.29) is 16.7 Å². The number of rotatable bonds is 2. The van der Waals surface area contributed by atoms with Crippen molar-refractivity contribution in [2.24, 2.45) is 9.98 Å². The number of hydrogen-bond acceptors (Lipinski definition) is 5. The fraction of sp³-hybridized carbons (Fsp3) is 0.0417. The summed E-state index contributed by atoms with van der Waals surface area (Å²) in [6, 6.07) is 19.6. The van der Waals surface area contributed by atoms with Gasteiger partial charge in [-0.25, -0.2) is 0 Å². The highest BCUT2D eigenvalue weighted by molar-refractivity contribution is 6.27. The molecule has 0 saturated heterocycles. The van der Waals surface area contributed by atoms with Gasteiger partial charge in [-0.15, -0.1) is 0 Å². The lowest BCUT2D eigenvalue weighted by atomic mass is 9.88. The Morgan fingerprint density at radius 3 is 2.24 bits per heavy atom. The van der Waals surface area contributed by atoms with E-state index in [0.717, 1.165) is 21.5 Å². The summed E-state index contributed by atoms with van der Waals surface area (Å²) in [4.78, 5) is 8.78. The molecule has 0 heterocycles. The van der Waals surface area contributed by atoms with E-state index in [1.165, 1.54) is 0 Å². The average molecular weight is 371 g/mol. The topological polar surface area (TPSA) is 96.1 Å². The molecule has 0 fully saturated rings. The van der Waals surface area contributed by atoms with E-state index in [9.17, 15) is 15.8 Å². The smallest absolute Gasteiger partial charge is 0.102 e. The molecule has 4 aromatic rings. The minimum Gasteiger partial charge on any atom is -0.262 e. The van der Waals surface area contributed by atoms with Gasteiger partial charge in [0.15, 0.2) is 0 Å². The molecule has 0 aliphatic rings. The van der Waals surface area contributed by atoms with Crippen molar-refractivity contribution >= 4 is 56.6 Å². The number of nitriles is 3. The molecule has 0 amide bonds. The van der Waals surface area contributed by atoms with Crippen molar-refractivity contribution in [3.8, 4) is 18.2 Å². The van der Waals surface area contributed by atoms with Crippen LogP contribution in [-0.2, 0) is 0 Å². The van der Waals surface area contributed by atoms with Gasteiger partial charge in [0.25, 0.3) is 0 Å². The average Bonchev–Trinajstić information content (AvgIpc) is 2.77. The number of hydrogen-bond donors (Lipinski definition) is 0.